The van der Waals surface area contributed by atoms with Crippen molar-refractivity contribution in [2.75, 3.05) is 40.4 Å². The van der Waals surface area contributed by atoms with Gasteiger partial charge in [0.05, 0.1) is 19.3 Å². The minimum absolute atomic E-state index is 0.0394. The van der Waals surface area contributed by atoms with Crippen molar-refractivity contribution < 1.29 is 19.8 Å². The zero-order valence-electron chi connectivity index (χ0n) is 11.5. The van der Waals surface area contributed by atoms with E-state index in [4.69, 9.17) is 10.2 Å². The predicted octanol–water partition coefficient (Wildman–Crippen LogP) is -1.15. The number of urea groups is 1. The smallest absolute Gasteiger partial charge is 0.319 e. The lowest BCUT2D eigenvalue weighted by Crippen LogP contribution is -2.48. The number of likely N-dealkylation sites (tertiary alicyclic amines) is 1. The van der Waals surface area contributed by atoms with Crippen LogP contribution in [0.3, 0.4) is 0 Å². The van der Waals surface area contributed by atoms with Gasteiger partial charge in [0.1, 0.15) is 0 Å². The van der Waals surface area contributed by atoms with E-state index in [-0.39, 0.29) is 31.1 Å². The Balaban J connectivity index is 2.41. The van der Waals surface area contributed by atoms with Gasteiger partial charge in [-0.1, -0.05) is 0 Å². The van der Waals surface area contributed by atoms with Gasteiger partial charge < -0.3 is 25.3 Å². The monoisotopic (exact) mass is 273 g/mol. The van der Waals surface area contributed by atoms with Crippen LogP contribution in [0.1, 0.15) is 12.8 Å². The molecule has 1 rings (SSSR count). The first-order valence-corrected chi connectivity index (χ1v) is 6.48. The highest BCUT2D eigenvalue weighted by atomic mass is 16.3. The molecule has 1 saturated heterocycles. The molecule has 19 heavy (non-hydrogen) atoms. The van der Waals surface area contributed by atoms with Gasteiger partial charge in [0, 0.05) is 33.1 Å². The van der Waals surface area contributed by atoms with E-state index in [2.05, 4.69) is 5.32 Å². The third kappa shape index (κ3) is 4.36. The van der Waals surface area contributed by atoms with Gasteiger partial charge >= 0.3 is 6.03 Å². The number of carbonyl (C=O) groups excluding carboxylic acids is 2. The van der Waals surface area contributed by atoms with Crippen molar-refractivity contribution in [1.82, 2.24) is 15.1 Å². The van der Waals surface area contributed by atoms with Gasteiger partial charge in [-0.25, -0.2) is 4.79 Å². The van der Waals surface area contributed by atoms with Crippen LogP contribution in [-0.4, -0.2) is 78.4 Å². The molecule has 0 saturated carbocycles. The molecule has 0 aromatic rings. The number of hydrogen-bond donors (Lipinski definition) is 3. The Morgan fingerprint density at radius 2 is 1.79 bits per heavy atom. The van der Waals surface area contributed by atoms with Crippen molar-refractivity contribution in [1.29, 1.82) is 0 Å². The third-order valence-electron chi connectivity index (χ3n) is 3.31. The predicted molar refractivity (Wildman–Crippen MR) is 69.5 cm³/mol. The number of piperidine rings is 1. The van der Waals surface area contributed by atoms with Gasteiger partial charge in [0.2, 0.25) is 5.91 Å². The quantitative estimate of drug-likeness (QED) is 0.603. The van der Waals surface area contributed by atoms with Crippen molar-refractivity contribution >= 4 is 11.9 Å². The van der Waals surface area contributed by atoms with E-state index in [1.54, 1.807) is 19.0 Å². The highest BCUT2D eigenvalue weighted by Crippen LogP contribution is 2.18. The van der Waals surface area contributed by atoms with Crippen LogP contribution in [0.25, 0.3) is 0 Å². The summed E-state index contributed by atoms with van der Waals surface area (Å²) in [5, 5.41) is 20.4. The highest BCUT2D eigenvalue weighted by Gasteiger charge is 2.28. The number of nitrogens with one attached hydrogen (secondary N) is 1. The Morgan fingerprint density at radius 3 is 2.21 bits per heavy atom. The summed E-state index contributed by atoms with van der Waals surface area (Å²) in [7, 11) is 3.41. The molecule has 1 fully saturated rings. The number of nitrogens with zero attached hydrogens (tertiary/aromatic N) is 2. The molecule has 1 aliphatic rings. The first-order valence-electron chi connectivity index (χ1n) is 6.48. The maximum absolute atomic E-state index is 11.9. The fourth-order valence-electron chi connectivity index (χ4n) is 2.08. The van der Waals surface area contributed by atoms with Gasteiger partial charge in [-0.15, -0.1) is 0 Å². The molecule has 3 amide bonds. The third-order valence-corrected chi connectivity index (χ3v) is 3.31. The molecular formula is C12H23N3O4. The van der Waals surface area contributed by atoms with Gasteiger partial charge in [-0.2, -0.15) is 0 Å². The van der Waals surface area contributed by atoms with Crippen LogP contribution in [-0.2, 0) is 4.79 Å². The molecule has 0 atom stereocenters. The van der Waals surface area contributed by atoms with Crippen LogP contribution in [0.2, 0.25) is 0 Å². The second-order valence-electron chi connectivity index (χ2n) is 5.01. The molecule has 0 bridgehead atoms. The van der Waals surface area contributed by atoms with Crippen LogP contribution in [0, 0.1) is 5.92 Å². The van der Waals surface area contributed by atoms with Crippen LogP contribution >= 0.6 is 0 Å². The summed E-state index contributed by atoms with van der Waals surface area (Å²) in [6, 6.07) is -0.642. The van der Waals surface area contributed by atoms with Crippen molar-refractivity contribution in [3.8, 4) is 0 Å². The lowest BCUT2D eigenvalue weighted by Gasteiger charge is -2.33. The molecule has 7 heteroatoms. The number of aliphatic hydroxyl groups is 2. The summed E-state index contributed by atoms with van der Waals surface area (Å²) >= 11 is 0. The van der Waals surface area contributed by atoms with E-state index >= 15 is 0 Å². The van der Waals surface area contributed by atoms with Crippen molar-refractivity contribution in [3.63, 3.8) is 0 Å². The molecule has 0 unspecified atom stereocenters. The minimum atomic E-state index is -0.603. The average molecular weight is 273 g/mol. The number of hydrogen-bond acceptors (Lipinski definition) is 4. The summed E-state index contributed by atoms with van der Waals surface area (Å²) < 4.78 is 0. The van der Waals surface area contributed by atoms with E-state index < -0.39 is 6.04 Å². The van der Waals surface area contributed by atoms with Gasteiger partial charge in [0.15, 0.2) is 0 Å². The summed E-state index contributed by atoms with van der Waals surface area (Å²) in [4.78, 5) is 26.9. The fraction of sp³-hybridized carbons (Fsp3) is 0.833. The van der Waals surface area contributed by atoms with Gasteiger partial charge in [0.25, 0.3) is 0 Å². The zero-order valence-corrected chi connectivity index (χ0v) is 11.5. The van der Waals surface area contributed by atoms with Crippen molar-refractivity contribution in [3.05, 3.63) is 0 Å². The molecule has 3 N–H and O–H groups in total. The summed E-state index contributed by atoms with van der Waals surface area (Å²) in [6.45, 7) is 0.552. The molecule has 0 aromatic carbocycles. The number of amides is 3. The summed E-state index contributed by atoms with van der Waals surface area (Å²) in [5.41, 5.74) is 0. The number of aliphatic hydroxyl groups excluding tert-OH is 2. The minimum Gasteiger partial charge on any atom is -0.394 e. The lowest BCUT2D eigenvalue weighted by atomic mass is 9.96. The standard InChI is InChI=1S/C12H23N3O4/c1-14(2)12(19)15-5-3-9(4-6-15)11(18)13-10(7-16)8-17/h9-10,16-17H,3-8H2,1-2H3,(H,13,18). The molecule has 0 aliphatic carbocycles. The van der Waals surface area contributed by atoms with E-state index in [9.17, 15) is 9.59 Å². The van der Waals surface area contributed by atoms with E-state index in [0.29, 0.717) is 25.9 Å². The lowest BCUT2D eigenvalue weighted by molar-refractivity contribution is -0.127. The Morgan fingerprint density at radius 1 is 1.26 bits per heavy atom. The van der Waals surface area contributed by atoms with Gasteiger partial charge in [-0.3, -0.25) is 4.79 Å². The van der Waals surface area contributed by atoms with Crippen LogP contribution in [0.4, 0.5) is 4.79 Å². The molecule has 0 radical (unpaired) electrons. The second kappa shape index (κ2) is 7.30. The largest absolute Gasteiger partial charge is 0.394 e. The van der Waals surface area contributed by atoms with E-state index in [0.717, 1.165) is 0 Å². The normalized spacial score (nSPS) is 16.6. The average Bonchev–Trinajstić information content (AvgIpc) is 2.43. The molecule has 0 spiro atoms. The maximum Gasteiger partial charge on any atom is 0.319 e. The first-order chi connectivity index (χ1) is 8.99. The summed E-state index contributed by atoms with van der Waals surface area (Å²) in [5.74, 6) is -0.322. The Bertz CT molecular complexity index is 310. The highest BCUT2D eigenvalue weighted by molar-refractivity contribution is 5.80. The topological polar surface area (TPSA) is 93.1 Å². The van der Waals surface area contributed by atoms with Crippen LogP contribution in [0.5, 0.6) is 0 Å². The van der Waals surface area contributed by atoms with Gasteiger partial charge in [-0.05, 0) is 12.8 Å². The van der Waals surface area contributed by atoms with Crippen LogP contribution < -0.4 is 5.32 Å². The summed E-state index contributed by atoms with van der Waals surface area (Å²) in [6.07, 6.45) is 1.21. The molecule has 110 valence electrons. The first kappa shape index (κ1) is 15.7. The van der Waals surface area contributed by atoms with E-state index in [1.165, 1.54) is 4.90 Å². The maximum atomic E-state index is 11.9. The SMILES string of the molecule is CN(C)C(=O)N1CCC(C(=O)NC(CO)CO)CC1. The number of carbonyl (C=O) groups is 2. The zero-order chi connectivity index (χ0) is 14.4. The molecule has 7 nitrogen and oxygen atoms in total. The Hall–Kier alpha value is -1.34. The fourth-order valence-corrected chi connectivity index (χ4v) is 2.08. The van der Waals surface area contributed by atoms with Crippen LogP contribution in [0.15, 0.2) is 0 Å². The van der Waals surface area contributed by atoms with Crippen molar-refractivity contribution in [2.24, 2.45) is 5.92 Å². The molecule has 1 aliphatic heterocycles. The Labute approximate surface area is 113 Å². The van der Waals surface area contributed by atoms with E-state index in [1.807, 2.05) is 0 Å². The second-order valence-corrected chi connectivity index (χ2v) is 5.01. The van der Waals surface area contributed by atoms with Crippen molar-refractivity contribution in [2.45, 2.75) is 18.9 Å². The number of rotatable bonds is 4. The molecular weight excluding hydrogens is 250 g/mol. The Kier molecular flexibility index (Phi) is 6.04. The molecule has 1 heterocycles. The molecule has 0 aromatic heterocycles.